The van der Waals surface area contributed by atoms with Gasteiger partial charge in [0.2, 0.25) is 0 Å². The van der Waals surface area contributed by atoms with Crippen molar-refractivity contribution in [3.63, 3.8) is 0 Å². The van der Waals surface area contributed by atoms with Gasteiger partial charge in [0.05, 0.1) is 35.8 Å². The van der Waals surface area contributed by atoms with Gasteiger partial charge in [0.25, 0.3) is 0 Å². The van der Waals surface area contributed by atoms with Crippen LogP contribution in [0.4, 0.5) is 0 Å². The molecule has 0 unspecified atom stereocenters. The second-order valence-corrected chi connectivity index (χ2v) is 8.76. The summed E-state index contributed by atoms with van der Waals surface area (Å²) in [6.07, 6.45) is 8.64. The summed E-state index contributed by atoms with van der Waals surface area (Å²) in [5, 5.41) is 9.13. The van der Waals surface area contributed by atoms with Crippen LogP contribution in [0.3, 0.4) is 0 Å². The molecule has 0 aliphatic rings. The van der Waals surface area contributed by atoms with E-state index in [1.165, 1.54) is 5.56 Å². The second-order valence-electron chi connectivity index (χ2n) is 8.76. The average molecular weight is 476 g/mol. The zero-order valence-corrected chi connectivity index (χ0v) is 20.1. The molecule has 0 radical (unpaired) electrons. The third kappa shape index (κ3) is 4.62. The van der Waals surface area contributed by atoms with Crippen LogP contribution in [0.5, 0.6) is 5.75 Å². The van der Waals surface area contributed by atoms with Crippen LogP contribution in [0, 0.1) is 12.3 Å². The van der Waals surface area contributed by atoms with Gasteiger partial charge in [-0.25, -0.2) is 4.79 Å². The average Bonchev–Trinajstić information content (AvgIpc) is 3.44. The molecule has 0 saturated carbocycles. The Hall–Kier alpha value is -4.70. The van der Waals surface area contributed by atoms with E-state index in [2.05, 4.69) is 47.1 Å². The fraction of sp³-hybridized carbons (Fsp3) is 0.172. The van der Waals surface area contributed by atoms with Crippen LogP contribution in [-0.4, -0.2) is 31.2 Å². The summed E-state index contributed by atoms with van der Waals surface area (Å²) >= 11 is 0. The molecule has 5 aromatic rings. The lowest BCUT2D eigenvalue weighted by Gasteiger charge is -2.15. The smallest absolute Gasteiger partial charge is 0.348 e. The molecule has 0 amide bonds. The first-order valence-electron chi connectivity index (χ1n) is 11.7. The third-order valence-corrected chi connectivity index (χ3v) is 6.05. The summed E-state index contributed by atoms with van der Waals surface area (Å²) in [5.41, 5.74) is 4.96. The molecule has 36 heavy (non-hydrogen) atoms. The minimum Gasteiger partial charge on any atom is -0.481 e. The van der Waals surface area contributed by atoms with Gasteiger partial charge >= 0.3 is 5.69 Å². The van der Waals surface area contributed by atoms with Gasteiger partial charge in [0.1, 0.15) is 12.4 Å². The van der Waals surface area contributed by atoms with E-state index in [-0.39, 0.29) is 12.3 Å². The number of nitrogens with zero attached hydrogens (tertiary/aromatic N) is 5. The van der Waals surface area contributed by atoms with Crippen LogP contribution in [0.25, 0.3) is 27.8 Å². The maximum atomic E-state index is 13.3. The van der Waals surface area contributed by atoms with Crippen molar-refractivity contribution in [2.75, 3.05) is 6.61 Å². The predicted molar refractivity (Wildman–Crippen MR) is 140 cm³/mol. The van der Waals surface area contributed by atoms with Gasteiger partial charge in [-0.15, -0.1) is 6.42 Å². The van der Waals surface area contributed by atoms with E-state index in [1.807, 2.05) is 54.6 Å². The van der Waals surface area contributed by atoms with Crippen LogP contribution in [0.2, 0.25) is 0 Å². The first kappa shape index (κ1) is 23.1. The summed E-state index contributed by atoms with van der Waals surface area (Å²) in [7, 11) is 0. The van der Waals surface area contributed by atoms with E-state index in [0.29, 0.717) is 23.9 Å². The molecule has 2 aromatic heterocycles. The Morgan fingerprint density at radius 3 is 2.36 bits per heavy atom. The van der Waals surface area contributed by atoms with Crippen molar-refractivity contribution < 1.29 is 4.74 Å². The van der Waals surface area contributed by atoms with Crippen molar-refractivity contribution in [3.05, 3.63) is 101 Å². The molecule has 178 valence electrons. The number of rotatable bonds is 7. The molecule has 0 saturated heterocycles. The van der Waals surface area contributed by atoms with E-state index < -0.39 is 0 Å². The lowest BCUT2D eigenvalue weighted by atomic mass is 9.99. The molecule has 0 atom stereocenters. The van der Waals surface area contributed by atoms with E-state index in [9.17, 15) is 4.79 Å². The summed E-state index contributed by atoms with van der Waals surface area (Å²) in [6, 6.07) is 21.6. The highest BCUT2D eigenvalue weighted by atomic mass is 16.5. The fourth-order valence-electron chi connectivity index (χ4n) is 4.14. The Kier molecular flexibility index (Phi) is 6.33. The van der Waals surface area contributed by atoms with E-state index in [1.54, 1.807) is 21.8 Å². The minimum atomic E-state index is -0.319. The van der Waals surface area contributed by atoms with Gasteiger partial charge in [-0.2, -0.15) is 20.0 Å². The highest BCUT2D eigenvalue weighted by Gasteiger charge is 2.14. The Labute approximate surface area is 209 Å². The summed E-state index contributed by atoms with van der Waals surface area (Å²) in [6.45, 7) is 4.83. The molecule has 0 spiro atoms. The summed E-state index contributed by atoms with van der Waals surface area (Å²) < 4.78 is 7.35. The molecule has 0 bridgehead atoms. The first-order chi connectivity index (χ1) is 17.5. The molecular weight excluding hydrogens is 450 g/mol. The van der Waals surface area contributed by atoms with Crippen molar-refractivity contribution in [3.8, 4) is 35.0 Å². The molecule has 0 fully saturated rings. The Bertz CT molecular complexity index is 1590. The van der Waals surface area contributed by atoms with Crippen molar-refractivity contribution in [2.24, 2.45) is 0 Å². The topological polar surface area (TPSA) is 74.8 Å². The summed E-state index contributed by atoms with van der Waals surface area (Å²) in [5.74, 6) is 3.53. The van der Waals surface area contributed by atoms with Gasteiger partial charge < -0.3 is 4.74 Å². The fourth-order valence-corrected chi connectivity index (χ4v) is 4.14. The number of hydrogen-bond acceptors (Lipinski definition) is 5. The van der Waals surface area contributed by atoms with Crippen LogP contribution in [-0.2, 0) is 6.54 Å². The standard InChI is InChI=1S/C29H25N5O2/c1-4-17-36-25-13-14-27-26(18-25)28(23-9-7-22(8-10-23)20(2)3)32-29(35)33(27)19-21-5-11-24(12-6-21)34-30-15-16-31-34/h1,5-16,18,20H,17,19H2,2-3H3. The predicted octanol–water partition coefficient (Wildman–Crippen LogP) is 4.83. The molecule has 7 nitrogen and oxygen atoms in total. The van der Waals surface area contributed by atoms with Crippen molar-refractivity contribution in [1.29, 1.82) is 0 Å². The van der Waals surface area contributed by atoms with Crippen molar-refractivity contribution in [1.82, 2.24) is 24.5 Å². The zero-order chi connectivity index (χ0) is 25.1. The van der Waals surface area contributed by atoms with Crippen LogP contribution < -0.4 is 10.4 Å². The number of aromatic nitrogens is 5. The van der Waals surface area contributed by atoms with Gasteiger partial charge in [-0.1, -0.05) is 56.2 Å². The largest absolute Gasteiger partial charge is 0.481 e. The third-order valence-electron chi connectivity index (χ3n) is 6.05. The number of hydrogen-bond donors (Lipinski definition) is 0. The van der Waals surface area contributed by atoms with Crippen LogP contribution in [0.1, 0.15) is 30.9 Å². The highest BCUT2D eigenvalue weighted by molar-refractivity contribution is 5.93. The molecule has 0 N–H and O–H groups in total. The van der Waals surface area contributed by atoms with Crippen molar-refractivity contribution in [2.45, 2.75) is 26.3 Å². The maximum Gasteiger partial charge on any atom is 0.348 e. The number of fused-ring (bicyclic) bond motifs is 1. The van der Waals surface area contributed by atoms with E-state index in [4.69, 9.17) is 11.2 Å². The van der Waals surface area contributed by atoms with E-state index in [0.717, 1.165) is 27.7 Å². The zero-order valence-electron chi connectivity index (χ0n) is 20.1. The quantitative estimate of drug-likeness (QED) is 0.315. The van der Waals surface area contributed by atoms with Gasteiger partial charge in [-0.3, -0.25) is 4.57 Å². The Morgan fingerprint density at radius 1 is 0.972 bits per heavy atom. The lowest BCUT2D eigenvalue weighted by molar-refractivity contribution is 0.371. The monoisotopic (exact) mass is 475 g/mol. The Balaban J connectivity index is 1.59. The minimum absolute atomic E-state index is 0.161. The molecule has 2 heterocycles. The van der Waals surface area contributed by atoms with Crippen LogP contribution >= 0.6 is 0 Å². The molecule has 3 aromatic carbocycles. The van der Waals surface area contributed by atoms with Gasteiger partial charge in [0, 0.05) is 10.9 Å². The number of ether oxygens (including phenoxy) is 1. The molecule has 0 aliphatic heterocycles. The Morgan fingerprint density at radius 2 is 1.69 bits per heavy atom. The van der Waals surface area contributed by atoms with Crippen LogP contribution in [0.15, 0.2) is 83.9 Å². The van der Waals surface area contributed by atoms with Gasteiger partial charge in [0.15, 0.2) is 0 Å². The van der Waals surface area contributed by atoms with Gasteiger partial charge in [-0.05, 0) is 47.4 Å². The molecular formula is C29H25N5O2. The highest BCUT2D eigenvalue weighted by Crippen LogP contribution is 2.30. The second kappa shape index (κ2) is 9.88. The lowest BCUT2D eigenvalue weighted by Crippen LogP contribution is -2.24. The summed E-state index contributed by atoms with van der Waals surface area (Å²) in [4.78, 5) is 19.3. The molecule has 5 rings (SSSR count). The van der Waals surface area contributed by atoms with E-state index >= 15 is 0 Å². The number of benzene rings is 3. The van der Waals surface area contributed by atoms with Crippen molar-refractivity contribution >= 4 is 10.9 Å². The number of terminal acetylenes is 1. The first-order valence-corrected chi connectivity index (χ1v) is 11.7. The normalized spacial score (nSPS) is 11.1. The SMILES string of the molecule is C#CCOc1ccc2c(c1)c(-c1ccc(C(C)C)cc1)nc(=O)n2Cc1ccc(-n2nccn2)cc1. The molecule has 7 heteroatoms. The molecule has 0 aliphatic carbocycles. The maximum absolute atomic E-state index is 13.3.